The first kappa shape index (κ1) is 15.9. The molecule has 0 atom stereocenters. The zero-order chi connectivity index (χ0) is 15.1. The van der Waals surface area contributed by atoms with Gasteiger partial charge in [0.25, 0.3) is 5.91 Å². The van der Waals surface area contributed by atoms with Crippen LogP contribution >= 0.6 is 23.1 Å². The van der Waals surface area contributed by atoms with Crippen molar-refractivity contribution in [3.8, 4) is 0 Å². The molecule has 1 amide bonds. The lowest BCUT2D eigenvalue weighted by molar-refractivity contribution is 0.0954. The lowest BCUT2D eigenvalue weighted by atomic mass is 10.2. The van der Waals surface area contributed by atoms with Gasteiger partial charge in [0, 0.05) is 29.2 Å². The maximum Gasteiger partial charge on any atom is 0.251 e. The molecule has 0 fully saturated rings. The van der Waals surface area contributed by atoms with Crippen LogP contribution in [0.25, 0.3) is 0 Å². The number of nitrogens with one attached hydrogen (secondary N) is 1. The van der Waals surface area contributed by atoms with Crippen molar-refractivity contribution in [2.24, 2.45) is 0 Å². The van der Waals surface area contributed by atoms with Crippen LogP contribution < -0.4 is 5.32 Å². The molecular formula is C14H17N3O2S2. The average Bonchev–Trinajstić information content (AvgIpc) is 2.91. The summed E-state index contributed by atoms with van der Waals surface area (Å²) < 4.78 is 0. The second-order valence-corrected chi connectivity index (χ2v) is 6.75. The second-order valence-electron chi connectivity index (χ2n) is 4.32. The topological polar surface area (TPSA) is 75.1 Å². The van der Waals surface area contributed by atoms with Crippen LogP contribution in [0.5, 0.6) is 0 Å². The number of amides is 1. The molecule has 0 aliphatic heterocycles. The van der Waals surface area contributed by atoms with E-state index in [1.54, 1.807) is 35.2 Å². The standard InChI is InChI=1S/C14H17N3O2S2/c1-10-16-17-13(21-10)6-7-15-14(19)11-2-4-12(5-3-11)20-9-8-18/h2-5,18H,6-9H2,1H3,(H,15,19). The molecule has 1 aromatic carbocycles. The highest BCUT2D eigenvalue weighted by Crippen LogP contribution is 2.17. The van der Waals surface area contributed by atoms with E-state index in [1.165, 1.54) is 0 Å². The van der Waals surface area contributed by atoms with Crippen molar-refractivity contribution in [1.82, 2.24) is 15.5 Å². The van der Waals surface area contributed by atoms with Gasteiger partial charge in [-0.2, -0.15) is 0 Å². The summed E-state index contributed by atoms with van der Waals surface area (Å²) in [5, 5.41) is 21.5. The minimum atomic E-state index is -0.0880. The van der Waals surface area contributed by atoms with Gasteiger partial charge < -0.3 is 10.4 Å². The number of benzene rings is 1. The Morgan fingerprint density at radius 2 is 2.10 bits per heavy atom. The van der Waals surface area contributed by atoms with Gasteiger partial charge in [0.2, 0.25) is 0 Å². The highest BCUT2D eigenvalue weighted by molar-refractivity contribution is 7.99. The van der Waals surface area contributed by atoms with Gasteiger partial charge in [-0.3, -0.25) is 4.79 Å². The molecule has 0 unspecified atom stereocenters. The number of hydrogen-bond acceptors (Lipinski definition) is 6. The fourth-order valence-corrected chi connectivity index (χ4v) is 3.05. The van der Waals surface area contributed by atoms with E-state index in [9.17, 15) is 4.79 Å². The van der Waals surface area contributed by atoms with Gasteiger partial charge in [0.15, 0.2) is 0 Å². The molecule has 0 spiro atoms. The Labute approximate surface area is 131 Å². The number of carbonyl (C=O) groups is 1. The van der Waals surface area contributed by atoms with Gasteiger partial charge in [-0.1, -0.05) is 0 Å². The zero-order valence-corrected chi connectivity index (χ0v) is 13.3. The van der Waals surface area contributed by atoms with Crippen molar-refractivity contribution in [2.75, 3.05) is 18.9 Å². The van der Waals surface area contributed by atoms with Crippen molar-refractivity contribution in [2.45, 2.75) is 18.2 Å². The second kappa shape index (κ2) is 8.11. The minimum Gasteiger partial charge on any atom is -0.396 e. The molecule has 1 heterocycles. The fourth-order valence-electron chi connectivity index (χ4n) is 1.69. The lowest BCUT2D eigenvalue weighted by Gasteiger charge is -2.05. The van der Waals surface area contributed by atoms with E-state index in [0.717, 1.165) is 14.9 Å². The number of aromatic nitrogens is 2. The van der Waals surface area contributed by atoms with Crippen molar-refractivity contribution < 1.29 is 9.90 Å². The summed E-state index contributed by atoms with van der Waals surface area (Å²) in [6.45, 7) is 2.61. The van der Waals surface area contributed by atoms with Crippen molar-refractivity contribution in [3.05, 3.63) is 39.8 Å². The van der Waals surface area contributed by atoms with E-state index in [-0.39, 0.29) is 12.5 Å². The van der Waals surface area contributed by atoms with Gasteiger partial charge in [0.1, 0.15) is 10.0 Å². The number of aliphatic hydroxyl groups excluding tert-OH is 1. The third-order valence-electron chi connectivity index (χ3n) is 2.67. The summed E-state index contributed by atoms with van der Waals surface area (Å²) in [4.78, 5) is 13.0. The molecule has 0 saturated heterocycles. The molecule has 2 aromatic rings. The molecule has 21 heavy (non-hydrogen) atoms. The number of aryl methyl sites for hydroxylation is 1. The summed E-state index contributed by atoms with van der Waals surface area (Å²) in [7, 11) is 0. The SMILES string of the molecule is Cc1nnc(CCNC(=O)c2ccc(SCCO)cc2)s1. The first-order valence-corrected chi connectivity index (χ1v) is 8.40. The van der Waals surface area contributed by atoms with Crippen LogP contribution in [0.3, 0.4) is 0 Å². The smallest absolute Gasteiger partial charge is 0.251 e. The van der Waals surface area contributed by atoms with Gasteiger partial charge >= 0.3 is 0 Å². The van der Waals surface area contributed by atoms with Crippen LogP contribution in [0.2, 0.25) is 0 Å². The van der Waals surface area contributed by atoms with Gasteiger partial charge in [0.05, 0.1) is 6.61 Å². The van der Waals surface area contributed by atoms with Crippen LogP contribution in [-0.2, 0) is 6.42 Å². The third-order valence-corrected chi connectivity index (χ3v) is 4.56. The normalized spacial score (nSPS) is 10.6. The van der Waals surface area contributed by atoms with Gasteiger partial charge in [-0.05, 0) is 31.2 Å². The molecule has 2 N–H and O–H groups in total. The number of nitrogens with zero attached hydrogens (tertiary/aromatic N) is 2. The first-order chi connectivity index (χ1) is 10.2. The van der Waals surface area contributed by atoms with Gasteiger partial charge in [-0.25, -0.2) is 0 Å². The first-order valence-electron chi connectivity index (χ1n) is 6.60. The Morgan fingerprint density at radius 3 is 2.71 bits per heavy atom. The Bertz CT molecular complexity index is 584. The van der Waals surface area contributed by atoms with Crippen LogP contribution in [0, 0.1) is 6.92 Å². The zero-order valence-electron chi connectivity index (χ0n) is 11.7. The predicted octanol–water partition coefficient (Wildman–Crippen LogP) is 1.90. The van der Waals surface area contributed by atoms with Crippen LogP contribution in [0.15, 0.2) is 29.2 Å². The summed E-state index contributed by atoms with van der Waals surface area (Å²) in [6, 6.07) is 7.38. The molecule has 0 aliphatic rings. The Kier molecular flexibility index (Phi) is 6.16. The Morgan fingerprint density at radius 1 is 1.33 bits per heavy atom. The minimum absolute atomic E-state index is 0.0880. The number of aliphatic hydroxyl groups is 1. The fraction of sp³-hybridized carbons (Fsp3) is 0.357. The van der Waals surface area contributed by atoms with E-state index in [2.05, 4.69) is 15.5 Å². The maximum absolute atomic E-state index is 12.0. The van der Waals surface area contributed by atoms with E-state index in [1.807, 2.05) is 19.1 Å². The highest BCUT2D eigenvalue weighted by atomic mass is 32.2. The largest absolute Gasteiger partial charge is 0.396 e. The van der Waals surface area contributed by atoms with E-state index in [4.69, 9.17) is 5.11 Å². The molecular weight excluding hydrogens is 306 g/mol. The highest BCUT2D eigenvalue weighted by Gasteiger charge is 2.06. The lowest BCUT2D eigenvalue weighted by Crippen LogP contribution is -2.25. The quantitative estimate of drug-likeness (QED) is 0.761. The average molecular weight is 323 g/mol. The Balaban J connectivity index is 1.79. The number of hydrogen-bond donors (Lipinski definition) is 2. The van der Waals surface area contributed by atoms with Gasteiger partial charge in [-0.15, -0.1) is 33.3 Å². The molecule has 0 aliphatic carbocycles. The van der Waals surface area contributed by atoms with Crippen LogP contribution in [0.1, 0.15) is 20.4 Å². The summed E-state index contributed by atoms with van der Waals surface area (Å²) in [5.41, 5.74) is 0.636. The van der Waals surface area contributed by atoms with Crippen LogP contribution in [-0.4, -0.2) is 40.1 Å². The van der Waals surface area contributed by atoms with E-state index >= 15 is 0 Å². The molecule has 2 rings (SSSR count). The number of rotatable bonds is 7. The third kappa shape index (κ3) is 5.11. The molecule has 1 aromatic heterocycles. The molecule has 5 nitrogen and oxygen atoms in total. The van der Waals surface area contributed by atoms with Crippen LogP contribution in [0.4, 0.5) is 0 Å². The molecule has 7 heteroatoms. The van der Waals surface area contributed by atoms with Crippen molar-refractivity contribution in [3.63, 3.8) is 0 Å². The number of thioether (sulfide) groups is 1. The van der Waals surface area contributed by atoms with Crippen molar-refractivity contribution in [1.29, 1.82) is 0 Å². The molecule has 112 valence electrons. The van der Waals surface area contributed by atoms with E-state index < -0.39 is 0 Å². The van der Waals surface area contributed by atoms with E-state index in [0.29, 0.717) is 24.3 Å². The Hall–Kier alpha value is -1.44. The monoisotopic (exact) mass is 323 g/mol. The van der Waals surface area contributed by atoms with Crippen molar-refractivity contribution >= 4 is 29.0 Å². The summed E-state index contributed by atoms with van der Waals surface area (Å²) >= 11 is 3.11. The molecule has 0 saturated carbocycles. The predicted molar refractivity (Wildman–Crippen MR) is 84.9 cm³/mol. The summed E-state index contributed by atoms with van der Waals surface area (Å²) in [6.07, 6.45) is 0.696. The molecule has 0 radical (unpaired) electrons. The maximum atomic E-state index is 12.0. The number of carbonyl (C=O) groups excluding carboxylic acids is 1. The summed E-state index contributed by atoms with van der Waals surface area (Å²) in [5.74, 6) is 0.572. The molecule has 0 bridgehead atoms.